The van der Waals surface area contributed by atoms with E-state index in [4.69, 9.17) is 30.8 Å². The molecule has 0 unspecified atom stereocenters. The molecule has 1 fully saturated rings. The smallest absolute Gasteiger partial charge is 0.418 e. The molecular formula is C33H44ClF2N3O5SSi. The van der Waals surface area contributed by atoms with Gasteiger partial charge >= 0.3 is 12.1 Å². The first-order valence-corrected chi connectivity index (χ1v) is 19.8. The van der Waals surface area contributed by atoms with Gasteiger partial charge in [0.1, 0.15) is 28.7 Å². The first-order valence-electron chi connectivity index (χ1n) is 14.9. The summed E-state index contributed by atoms with van der Waals surface area (Å²) in [4.78, 5) is 36.7. The second-order valence-electron chi connectivity index (χ2n) is 13.7. The highest BCUT2D eigenvalue weighted by Crippen LogP contribution is 2.67. The molecule has 1 amide bonds. The zero-order valence-electron chi connectivity index (χ0n) is 28.0. The fourth-order valence-electron chi connectivity index (χ4n) is 4.96. The van der Waals surface area contributed by atoms with Crippen LogP contribution >= 0.6 is 23.4 Å². The van der Waals surface area contributed by atoms with E-state index in [-0.39, 0.29) is 23.2 Å². The number of thioether (sulfide) groups is 1. The number of methoxy groups -OCH3 is 1. The molecule has 0 saturated heterocycles. The summed E-state index contributed by atoms with van der Waals surface area (Å²) >= 11 is 6.96. The van der Waals surface area contributed by atoms with Crippen molar-refractivity contribution in [3.05, 3.63) is 63.9 Å². The van der Waals surface area contributed by atoms with Crippen molar-refractivity contribution in [2.45, 2.75) is 82.6 Å². The Hall–Kier alpha value is -2.80. The minimum absolute atomic E-state index is 0.0551. The number of rotatable bonds is 11. The van der Waals surface area contributed by atoms with Crippen molar-refractivity contribution in [2.75, 3.05) is 20.4 Å². The number of carbonyl (C=O) groups is 2. The van der Waals surface area contributed by atoms with Gasteiger partial charge in [0, 0.05) is 31.2 Å². The molecule has 3 rings (SSSR count). The van der Waals surface area contributed by atoms with Crippen LogP contribution in [0.3, 0.4) is 0 Å². The number of benzene rings is 1. The summed E-state index contributed by atoms with van der Waals surface area (Å²) in [6.07, 6.45) is 3.67. The minimum Gasteiger partial charge on any atom is -0.468 e. The molecule has 8 nitrogen and oxygen atoms in total. The maximum atomic E-state index is 15.7. The van der Waals surface area contributed by atoms with Crippen LogP contribution in [0.15, 0.2) is 56.9 Å². The fourth-order valence-corrected chi connectivity index (χ4v) is 7.36. The number of amidine groups is 1. The summed E-state index contributed by atoms with van der Waals surface area (Å²) in [7, 11) is -0.145. The highest BCUT2D eigenvalue weighted by atomic mass is 35.5. The zero-order valence-corrected chi connectivity index (χ0v) is 30.6. The number of aliphatic imine (C=N–C) groups is 2. The number of hydrogen-bond donors (Lipinski definition) is 0. The van der Waals surface area contributed by atoms with Crippen molar-refractivity contribution < 1.29 is 32.6 Å². The van der Waals surface area contributed by atoms with Gasteiger partial charge in [-0.1, -0.05) is 49.1 Å². The molecule has 1 saturated carbocycles. The maximum absolute atomic E-state index is 15.7. The third-order valence-corrected chi connectivity index (χ3v) is 10.8. The van der Waals surface area contributed by atoms with Crippen LogP contribution in [-0.2, 0) is 24.5 Å². The molecule has 1 aliphatic carbocycles. The summed E-state index contributed by atoms with van der Waals surface area (Å²) in [5.41, 5.74) is -1.78. The Labute approximate surface area is 281 Å². The molecule has 1 aromatic carbocycles. The van der Waals surface area contributed by atoms with Crippen molar-refractivity contribution in [3.63, 3.8) is 0 Å². The van der Waals surface area contributed by atoms with Crippen LogP contribution in [0, 0.1) is 11.7 Å². The number of halogens is 3. The van der Waals surface area contributed by atoms with Gasteiger partial charge in [-0.05, 0) is 89.7 Å². The molecule has 1 heterocycles. The molecule has 46 heavy (non-hydrogen) atoms. The summed E-state index contributed by atoms with van der Waals surface area (Å²) < 4.78 is 46.7. The summed E-state index contributed by atoms with van der Waals surface area (Å²) in [5, 5.41) is 0.565. The molecule has 2 aliphatic rings. The predicted octanol–water partition coefficient (Wildman–Crippen LogP) is 8.66. The molecule has 0 radical (unpaired) electrons. The van der Waals surface area contributed by atoms with Gasteiger partial charge in [0.15, 0.2) is 5.17 Å². The molecule has 1 aromatic rings. The van der Waals surface area contributed by atoms with Gasteiger partial charge in [-0.3, -0.25) is 14.8 Å². The van der Waals surface area contributed by atoms with Crippen molar-refractivity contribution in [1.29, 1.82) is 0 Å². The van der Waals surface area contributed by atoms with E-state index in [9.17, 15) is 9.59 Å². The summed E-state index contributed by atoms with van der Waals surface area (Å²) in [6, 6.07) is 4.99. The number of ether oxygens (including phenoxy) is 3. The molecule has 0 aromatic heterocycles. The third-order valence-electron chi connectivity index (χ3n) is 7.50. The van der Waals surface area contributed by atoms with Crippen LogP contribution < -0.4 is 0 Å². The quantitative estimate of drug-likeness (QED) is 0.0575. The predicted molar refractivity (Wildman–Crippen MR) is 185 cm³/mol. The second kappa shape index (κ2) is 14.5. The number of amides is 1. The Morgan fingerprint density at radius 2 is 1.96 bits per heavy atom. The minimum atomic E-state index is -1.43. The lowest BCUT2D eigenvalue weighted by Gasteiger charge is -2.37. The maximum Gasteiger partial charge on any atom is 0.418 e. The van der Waals surface area contributed by atoms with Gasteiger partial charge in [-0.15, -0.1) is 0 Å². The van der Waals surface area contributed by atoms with E-state index in [1.54, 1.807) is 34.6 Å². The van der Waals surface area contributed by atoms with Crippen molar-refractivity contribution in [2.24, 2.45) is 15.9 Å². The summed E-state index contributed by atoms with van der Waals surface area (Å²) in [6.45, 7) is 18.9. The summed E-state index contributed by atoms with van der Waals surface area (Å²) in [5.74, 6) is -2.30. The Balaban J connectivity index is 2.14. The molecule has 0 N–H and O–H groups in total. The van der Waals surface area contributed by atoms with Gasteiger partial charge in [-0.2, -0.15) is 0 Å². The van der Waals surface area contributed by atoms with Gasteiger partial charge in [0.2, 0.25) is 0 Å². The largest absolute Gasteiger partial charge is 0.468 e. The Morgan fingerprint density at radius 1 is 1.28 bits per heavy atom. The van der Waals surface area contributed by atoms with Crippen LogP contribution in [0.2, 0.25) is 25.7 Å². The van der Waals surface area contributed by atoms with E-state index in [2.05, 4.69) is 31.4 Å². The van der Waals surface area contributed by atoms with E-state index in [1.165, 1.54) is 48.4 Å². The van der Waals surface area contributed by atoms with Crippen LogP contribution in [0.5, 0.6) is 0 Å². The average molecular weight is 696 g/mol. The average Bonchev–Trinajstić information content (AvgIpc) is 3.69. The molecule has 0 spiro atoms. The molecule has 3 atom stereocenters. The van der Waals surface area contributed by atoms with E-state index in [1.807, 2.05) is 0 Å². The van der Waals surface area contributed by atoms with Gasteiger partial charge in [0.05, 0.1) is 18.3 Å². The van der Waals surface area contributed by atoms with Gasteiger partial charge in [0.25, 0.3) is 0 Å². The molecular weight excluding hydrogens is 652 g/mol. The van der Waals surface area contributed by atoms with Crippen molar-refractivity contribution in [3.8, 4) is 0 Å². The number of allylic oxidation sites excluding steroid dienone is 4. The number of hydrogen-bond acceptors (Lipinski definition) is 8. The normalized spacial score (nSPS) is 23.7. The lowest BCUT2D eigenvalue weighted by molar-refractivity contribution is -0.141. The number of fused-ring (bicyclic) bond motifs is 1. The van der Waals surface area contributed by atoms with Crippen molar-refractivity contribution in [1.82, 2.24) is 4.90 Å². The van der Waals surface area contributed by atoms with Gasteiger partial charge < -0.3 is 14.2 Å². The molecule has 13 heteroatoms. The molecule has 1 aliphatic heterocycles. The molecule has 0 bridgehead atoms. The standard InChI is InChI=1S/C33H44ClF2N3O5SSi/c1-21(34)11-14-26(37-6)25(36)18-22-12-13-24(35)23(17-22)32(5)27-19-33(27,28(40)42-7)45-29(38-32)39(30(41)44-31(2,3)4)20-43-15-16-46(8,9)10/h11-14,17-18,27H,6,15-16,19-20H2,1-5,7-10H3/b21-11+,25-18-,26-14-/t27-,32+,33-/m0/s1. The second-order valence-corrected chi connectivity index (χ2v) is 21.2. The number of carbonyl (C=O) groups excluding carboxylic acids is 2. The van der Waals surface area contributed by atoms with Gasteiger partial charge in [-0.25, -0.2) is 18.5 Å². The highest BCUT2D eigenvalue weighted by Gasteiger charge is 2.72. The monoisotopic (exact) mass is 695 g/mol. The Bertz CT molecular complexity index is 1480. The number of esters is 1. The van der Waals surface area contributed by atoms with E-state index in [0.717, 1.165) is 17.8 Å². The first kappa shape index (κ1) is 37.7. The first-order chi connectivity index (χ1) is 21.3. The Kier molecular flexibility index (Phi) is 11.9. The topological polar surface area (TPSA) is 89.8 Å². The van der Waals surface area contributed by atoms with E-state index in [0.29, 0.717) is 23.6 Å². The zero-order chi connectivity index (χ0) is 34.7. The Morgan fingerprint density at radius 3 is 2.52 bits per heavy atom. The van der Waals surface area contributed by atoms with Crippen LogP contribution in [-0.4, -0.2) is 67.7 Å². The third kappa shape index (κ3) is 9.17. The fraction of sp³-hybridized carbons (Fsp3) is 0.515. The lowest BCUT2D eigenvalue weighted by Crippen LogP contribution is -2.47. The van der Waals surface area contributed by atoms with E-state index < -0.39 is 53.6 Å². The molecule has 252 valence electrons. The lowest BCUT2D eigenvalue weighted by atomic mass is 9.84. The highest BCUT2D eigenvalue weighted by molar-refractivity contribution is 8.15. The van der Waals surface area contributed by atoms with Crippen LogP contribution in [0.4, 0.5) is 13.6 Å². The SMILES string of the molecule is C=NC(=C\C=C(/C)Cl)/C(F)=C/c1ccc(F)c([C@@]2(C)N=C(N(COCC[Si](C)(C)C)C(=O)OC(C)(C)C)S[C@@]3(C(=O)OC)C[C@H]32)c1. The van der Waals surface area contributed by atoms with Crippen LogP contribution in [0.25, 0.3) is 6.08 Å². The number of nitrogens with zero attached hydrogens (tertiary/aromatic N) is 3. The van der Waals surface area contributed by atoms with Crippen molar-refractivity contribution >= 4 is 61.5 Å². The van der Waals surface area contributed by atoms with E-state index >= 15 is 8.78 Å². The van der Waals surface area contributed by atoms with Crippen LogP contribution in [0.1, 0.15) is 52.2 Å².